The zero-order valence-corrected chi connectivity index (χ0v) is 6.29. The fraction of sp³-hybridized carbons (Fsp3) is 0.571. The van der Waals surface area contributed by atoms with E-state index in [-0.39, 0.29) is 18.5 Å². The van der Waals surface area contributed by atoms with Gasteiger partial charge >= 0.3 is 5.97 Å². The lowest BCUT2D eigenvalue weighted by atomic mass is 10.3. The van der Waals surface area contributed by atoms with Crippen LogP contribution in [-0.4, -0.2) is 19.2 Å². The fourth-order valence-electron chi connectivity index (χ4n) is 0.530. The molecule has 0 aromatic carbocycles. The van der Waals surface area contributed by atoms with Crippen molar-refractivity contribution >= 4 is 5.97 Å². The third-order valence-electron chi connectivity index (χ3n) is 1.01. The number of ether oxygens (including phenoxy) is 2. The number of carbonyl (C=O) groups is 1. The maximum absolute atomic E-state index is 10.6. The highest BCUT2D eigenvalue weighted by Crippen LogP contribution is 1.98. The summed E-state index contributed by atoms with van der Waals surface area (Å²) in [5.74, 6) is -0.269. The quantitative estimate of drug-likeness (QED) is 0.437. The second kappa shape index (κ2) is 4.85. The summed E-state index contributed by atoms with van der Waals surface area (Å²) in [4.78, 5) is 10.6. The van der Waals surface area contributed by atoms with Crippen LogP contribution in [0.15, 0.2) is 12.8 Å². The van der Waals surface area contributed by atoms with Crippen LogP contribution in [0.1, 0.15) is 13.3 Å². The van der Waals surface area contributed by atoms with Crippen molar-refractivity contribution < 1.29 is 14.3 Å². The van der Waals surface area contributed by atoms with Crippen LogP contribution < -0.4 is 0 Å². The highest BCUT2D eigenvalue weighted by molar-refractivity contribution is 5.69. The Bertz CT molecular complexity index is 120. The Morgan fingerprint density at radius 1 is 1.80 bits per heavy atom. The van der Waals surface area contributed by atoms with Crippen LogP contribution in [0.25, 0.3) is 0 Å². The molecular weight excluding hydrogens is 132 g/mol. The Morgan fingerprint density at radius 2 is 2.40 bits per heavy atom. The molecule has 0 unspecified atom stereocenters. The van der Waals surface area contributed by atoms with E-state index < -0.39 is 0 Å². The molecule has 0 aliphatic carbocycles. The molecule has 0 saturated heterocycles. The first-order chi connectivity index (χ1) is 4.70. The van der Waals surface area contributed by atoms with Crippen molar-refractivity contribution in [3.8, 4) is 0 Å². The van der Waals surface area contributed by atoms with Crippen molar-refractivity contribution in [1.82, 2.24) is 0 Å². The molecule has 58 valence electrons. The second-order valence-corrected chi connectivity index (χ2v) is 1.89. The lowest BCUT2D eigenvalue weighted by Gasteiger charge is -2.07. The molecule has 0 heterocycles. The zero-order chi connectivity index (χ0) is 7.98. The fourth-order valence-corrected chi connectivity index (χ4v) is 0.530. The summed E-state index contributed by atoms with van der Waals surface area (Å²) in [6.45, 7) is 5.14. The minimum absolute atomic E-state index is 0.148. The third-order valence-corrected chi connectivity index (χ3v) is 1.01. The van der Waals surface area contributed by atoms with Crippen LogP contribution in [0.2, 0.25) is 0 Å². The summed E-state index contributed by atoms with van der Waals surface area (Å²) in [5, 5.41) is 0. The van der Waals surface area contributed by atoms with Crippen molar-refractivity contribution in [3.63, 3.8) is 0 Å². The van der Waals surface area contributed by atoms with Gasteiger partial charge in [0.25, 0.3) is 0 Å². The molecule has 0 N–H and O–H groups in total. The first kappa shape index (κ1) is 9.01. The van der Waals surface area contributed by atoms with E-state index in [2.05, 4.69) is 11.3 Å². The number of hydrogen-bond donors (Lipinski definition) is 0. The Balaban J connectivity index is 3.46. The standard InChI is InChI=1S/C7H12O3/c1-4-10-6(2)5-7(8)9-3/h4,6H,1,5H2,2-3H3/t6-/m0/s1. The molecular formula is C7H12O3. The molecule has 0 rings (SSSR count). The molecule has 0 spiro atoms. The molecule has 0 aromatic heterocycles. The molecule has 10 heavy (non-hydrogen) atoms. The highest BCUT2D eigenvalue weighted by Gasteiger charge is 2.07. The maximum atomic E-state index is 10.6. The predicted molar refractivity (Wildman–Crippen MR) is 37.4 cm³/mol. The first-order valence-corrected chi connectivity index (χ1v) is 3.04. The van der Waals surface area contributed by atoms with E-state index in [0.29, 0.717) is 0 Å². The van der Waals surface area contributed by atoms with Gasteiger partial charge in [0.05, 0.1) is 19.8 Å². The van der Waals surface area contributed by atoms with Gasteiger partial charge in [-0.05, 0) is 6.92 Å². The summed E-state index contributed by atoms with van der Waals surface area (Å²) in [5.41, 5.74) is 0. The van der Waals surface area contributed by atoms with Gasteiger partial charge in [-0.25, -0.2) is 0 Å². The van der Waals surface area contributed by atoms with Gasteiger partial charge in [0, 0.05) is 0 Å². The van der Waals surface area contributed by atoms with Crippen LogP contribution in [0.3, 0.4) is 0 Å². The van der Waals surface area contributed by atoms with Crippen LogP contribution in [0.4, 0.5) is 0 Å². The van der Waals surface area contributed by atoms with Gasteiger partial charge in [0.1, 0.15) is 6.10 Å². The molecule has 0 radical (unpaired) electrons. The summed E-state index contributed by atoms with van der Waals surface area (Å²) < 4.78 is 9.29. The molecule has 0 aromatic rings. The molecule has 0 fully saturated rings. The van der Waals surface area contributed by atoms with E-state index in [0.717, 1.165) is 0 Å². The van der Waals surface area contributed by atoms with Gasteiger partial charge in [-0.2, -0.15) is 0 Å². The molecule has 1 atom stereocenters. The topological polar surface area (TPSA) is 35.5 Å². The number of esters is 1. The highest BCUT2D eigenvalue weighted by atomic mass is 16.5. The summed E-state index contributed by atoms with van der Waals surface area (Å²) in [6.07, 6.45) is 1.43. The monoisotopic (exact) mass is 144 g/mol. The molecule has 0 saturated carbocycles. The SMILES string of the molecule is C=CO[C@@H](C)CC(=O)OC. The zero-order valence-electron chi connectivity index (χ0n) is 6.29. The molecule has 0 aliphatic rings. The first-order valence-electron chi connectivity index (χ1n) is 3.04. The van der Waals surface area contributed by atoms with E-state index in [9.17, 15) is 4.79 Å². The van der Waals surface area contributed by atoms with Crippen molar-refractivity contribution in [1.29, 1.82) is 0 Å². The average Bonchev–Trinajstić information content (AvgIpc) is 1.88. The van der Waals surface area contributed by atoms with Gasteiger partial charge in [-0.1, -0.05) is 6.58 Å². The Labute approximate surface area is 60.6 Å². The van der Waals surface area contributed by atoms with Gasteiger partial charge in [-0.15, -0.1) is 0 Å². The van der Waals surface area contributed by atoms with Gasteiger partial charge < -0.3 is 9.47 Å². The second-order valence-electron chi connectivity index (χ2n) is 1.89. The van der Waals surface area contributed by atoms with E-state index in [1.165, 1.54) is 13.4 Å². The number of methoxy groups -OCH3 is 1. The predicted octanol–water partition coefficient (Wildman–Crippen LogP) is 1.10. The van der Waals surface area contributed by atoms with E-state index >= 15 is 0 Å². The Hall–Kier alpha value is -0.990. The van der Waals surface area contributed by atoms with Crippen LogP contribution in [0, 0.1) is 0 Å². The third kappa shape index (κ3) is 3.95. The maximum Gasteiger partial charge on any atom is 0.309 e. The van der Waals surface area contributed by atoms with Crippen molar-refractivity contribution in [2.45, 2.75) is 19.4 Å². The van der Waals surface area contributed by atoms with Crippen LogP contribution in [-0.2, 0) is 14.3 Å². The van der Waals surface area contributed by atoms with E-state index in [4.69, 9.17) is 4.74 Å². The van der Waals surface area contributed by atoms with Crippen LogP contribution in [0.5, 0.6) is 0 Å². The minimum atomic E-state index is -0.269. The van der Waals surface area contributed by atoms with Gasteiger partial charge in [0.2, 0.25) is 0 Å². The van der Waals surface area contributed by atoms with Gasteiger partial charge in [0.15, 0.2) is 0 Å². The molecule has 3 nitrogen and oxygen atoms in total. The summed E-state index contributed by atoms with van der Waals surface area (Å²) >= 11 is 0. The summed E-state index contributed by atoms with van der Waals surface area (Å²) in [6, 6.07) is 0. The normalized spacial score (nSPS) is 11.8. The lowest BCUT2D eigenvalue weighted by molar-refractivity contribution is -0.142. The number of hydrogen-bond acceptors (Lipinski definition) is 3. The smallest absolute Gasteiger partial charge is 0.309 e. The molecule has 3 heteroatoms. The average molecular weight is 144 g/mol. The molecule has 0 aliphatic heterocycles. The molecule has 0 bridgehead atoms. The van der Waals surface area contributed by atoms with Crippen molar-refractivity contribution in [2.24, 2.45) is 0 Å². The number of rotatable bonds is 4. The van der Waals surface area contributed by atoms with Crippen LogP contribution >= 0.6 is 0 Å². The Morgan fingerprint density at radius 3 is 2.80 bits per heavy atom. The lowest BCUT2D eigenvalue weighted by Crippen LogP contribution is -2.12. The van der Waals surface area contributed by atoms with E-state index in [1.807, 2.05) is 0 Å². The minimum Gasteiger partial charge on any atom is -0.498 e. The summed E-state index contributed by atoms with van der Waals surface area (Å²) in [7, 11) is 1.35. The van der Waals surface area contributed by atoms with Crippen molar-refractivity contribution in [3.05, 3.63) is 12.8 Å². The largest absolute Gasteiger partial charge is 0.498 e. The van der Waals surface area contributed by atoms with Gasteiger partial charge in [-0.3, -0.25) is 4.79 Å². The Kier molecular flexibility index (Phi) is 4.37. The van der Waals surface area contributed by atoms with E-state index in [1.54, 1.807) is 6.92 Å². The van der Waals surface area contributed by atoms with Crippen molar-refractivity contribution in [2.75, 3.05) is 7.11 Å². The molecule has 0 amide bonds. The number of carbonyl (C=O) groups excluding carboxylic acids is 1.